The molecule has 6 nitrogen and oxygen atoms in total. The number of hydrogen-bond donors (Lipinski definition) is 1. The van der Waals surface area contributed by atoms with E-state index in [2.05, 4.69) is 14.9 Å². The Kier molecular flexibility index (Phi) is 6.77. The van der Waals surface area contributed by atoms with Crippen molar-refractivity contribution in [3.05, 3.63) is 65.9 Å². The van der Waals surface area contributed by atoms with Gasteiger partial charge in [0.05, 0.1) is 5.56 Å². The maximum absolute atomic E-state index is 15.3. The van der Waals surface area contributed by atoms with Crippen molar-refractivity contribution >= 4 is 11.7 Å². The van der Waals surface area contributed by atoms with Crippen LogP contribution in [0, 0.1) is 5.82 Å². The number of rotatable bonds is 5. The molecule has 182 valence electrons. The third-order valence-electron chi connectivity index (χ3n) is 7.39. The third kappa shape index (κ3) is 4.78. The number of pyridine rings is 2. The van der Waals surface area contributed by atoms with Crippen molar-refractivity contribution in [2.45, 2.75) is 45.1 Å². The average Bonchev–Trinajstić information content (AvgIpc) is 3.43. The number of benzene rings is 1. The molecule has 3 heterocycles. The normalized spacial score (nSPS) is 17.1. The summed E-state index contributed by atoms with van der Waals surface area (Å²) in [4.78, 5) is 26.2. The van der Waals surface area contributed by atoms with Crippen LogP contribution < -0.4 is 5.73 Å². The molecule has 1 aromatic carbocycles. The van der Waals surface area contributed by atoms with Gasteiger partial charge in [0.2, 0.25) is 0 Å². The van der Waals surface area contributed by atoms with Crippen LogP contribution in [0.3, 0.4) is 0 Å². The van der Waals surface area contributed by atoms with E-state index in [4.69, 9.17) is 5.73 Å². The highest BCUT2D eigenvalue weighted by Crippen LogP contribution is 2.35. The first-order valence-electron chi connectivity index (χ1n) is 12.6. The van der Waals surface area contributed by atoms with Crippen LogP contribution in [-0.2, 0) is 6.42 Å². The quantitative estimate of drug-likeness (QED) is 0.576. The van der Waals surface area contributed by atoms with Crippen molar-refractivity contribution in [2.24, 2.45) is 0 Å². The second-order valence-electron chi connectivity index (χ2n) is 9.47. The van der Waals surface area contributed by atoms with Gasteiger partial charge in [-0.2, -0.15) is 0 Å². The van der Waals surface area contributed by atoms with E-state index in [0.717, 1.165) is 41.9 Å². The van der Waals surface area contributed by atoms with E-state index in [-0.39, 0.29) is 11.5 Å². The predicted molar refractivity (Wildman–Crippen MR) is 136 cm³/mol. The molecule has 0 atom stereocenters. The highest BCUT2D eigenvalue weighted by Gasteiger charge is 2.29. The summed E-state index contributed by atoms with van der Waals surface area (Å²) in [5.41, 5.74) is 10.1. The zero-order valence-electron chi connectivity index (χ0n) is 20.2. The van der Waals surface area contributed by atoms with Crippen LogP contribution >= 0.6 is 0 Å². The lowest BCUT2D eigenvalue weighted by molar-refractivity contribution is 0.0569. The number of nitrogen functional groups attached to an aromatic ring is 1. The predicted octanol–water partition coefficient (Wildman–Crippen LogP) is 4.79. The van der Waals surface area contributed by atoms with Gasteiger partial charge in [-0.15, -0.1) is 0 Å². The number of aromatic nitrogens is 2. The maximum Gasteiger partial charge on any atom is 0.256 e. The van der Waals surface area contributed by atoms with Crippen LogP contribution in [0.4, 0.5) is 10.2 Å². The standard InChI is InChI=1S/C28H32FN5O/c1-2-25-27(20-8-10-26(30)32-18-20)22(11-12-31-25)19-7-9-23(24(29)17-19)28(35)34-15-13-33(14-16-34)21-5-3-4-6-21/h7-12,17-18,21H,2-6,13-16H2,1H3,(H2,30,32). The fraction of sp³-hybridized carbons (Fsp3) is 0.393. The van der Waals surface area contributed by atoms with Crippen molar-refractivity contribution in [3.8, 4) is 22.3 Å². The molecular weight excluding hydrogens is 441 g/mol. The molecule has 2 aliphatic rings. The number of halogens is 1. The van der Waals surface area contributed by atoms with Crippen LogP contribution in [0.15, 0.2) is 48.8 Å². The number of carbonyl (C=O) groups excluding carboxylic acids is 1. The van der Waals surface area contributed by atoms with Crippen LogP contribution in [0.1, 0.15) is 48.7 Å². The number of carbonyl (C=O) groups is 1. The molecule has 0 bridgehead atoms. The summed E-state index contributed by atoms with van der Waals surface area (Å²) in [5.74, 6) is -0.288. The average molecular weight is 474 g/mol. The highest BCUT2D eigenvalue weighted by atomic mass is 19.1. The van der Waals surface area contributed by atoms with E-state index < -0.39 is 5.82 Å². The Labute approximate surface area is 206 Å². The van der Waals surface area contributed by atoms with E-state index in [1.54, 1.807) is 29.4 Å². The molecule has 1 amide bonds. The fourth-order valence-electron chi connectivity index (χ4n) is 5.48. The van der Waals surface area contributed by atoms with Gasteiger partial charge in [0.15, 0.2) is 0 Å². The van der Waals surface area contributed by atoms with Crippen molar-refractivity contribution in [1.29, 1.82) is 0 Å². The van der Waals surface area contributed by atoms with Crippen LogP contribution in [0.2, 0.25) is 0 Å². The van der Waals surface area contributed by atoms with Gasteiger partial charge < -0.3 is 10.6 Å². The Balaban J connectivity index is 1.39. The van der Waals surface area contributed by atoms with E-state index >= 15 is 4.39 Å². The molecule has 1 aliphatic carbocycles. The van der Waals surface area contributed by atoms with Crippen molar-refractivity contribution < 1.29 is 9.18 Å². The van der Waals surface area contributed by atoms with Crippen molar-refractivity contribution in [3.63, 3.8) is 0 Å². The number of piperazine rings is 1. The molecule has 2 aromatic heterocycles. The van der Waals surface area contributed by atoms with E-state index in [9.17, 15) is 4.79 Å². The molecule has 0 spiro atoms. The first-order valence-corrected chi connectivity index (χ1v) is 12.6. The number of nitrogens with zero attached hydrogens (tertiary/aromatic N) is 4. The Hall–Kier alpha value is -3.32. The summed E-state index contributed by atoms with van der Waals surface area (Å²) in [5, 5.41) is 0. The van der Waals surface area contributed by atoms with Gasteiger partial charge in [0.1, 0.15) is 11.6 Å². The molecule has 5 rings (SSSR count). The highest BCUT2D eigenvalue weighted by molar-refractivity contribution is 5.95. The summed E-state index contributed by atoms with van der Waals surface area (Å²) in [6, 6.07) is 11.1. The number of aryl methyl sites for hydroxylation is 1. The van der Waals surface area contributed by atoms with E-state index in [1.165, 1.54) is 31.7 Å². The first-order chi connectivity index (χ1) is 17.0. The van der Waals surface area contributed by atoms with Crippen molar-refractivity contribution in [1.82, 2.24) is 19.8 Å². The van der Waals surface area contributed by atoms with Crippen LogP contribution in [0.5, 0.6) is 0 Å². The minimum atomic E-state index is -0.498. The second kappa shape index (κ2) is 10.1. The first kappa shape index (κ1) is 23.4. The molecule has 2 fully saturated rings. The molecule has 1 saturated heterocycles. The summed E-state index contributed by atoms with van der Waals surface area (Å²) >= 11 is 0. The van der Waals surface area contributed by atoms with Gasteiger partial charge >= 0.3 is 0 Å². The molecule has 7 heteroatoms. The second-order valence-corrected chi connectivity index (χ2v) is 9.47. The van der Waals surface area contributed by atoms with Gasteiger partial charge in [0, 0.05) is 61.4 Å². The van der Waals surface area contributed by atoms with Crippen molar-refractivity contribution in [2.75, 3.05) is 31.9 Å². The minimum absolute atomic E-state index is 0.128. The fourth-order valence-corrected chi connectivity index (χ4v) is 5.48. The monoisotopic (exact) mass is 473 g/mol. The van der Waals surface area contributed by atoms with Gasteiger partial charge in [-0.25, -0.2) is 9.37 Å². The maximum atomic E-state index is 15.3. The lowest BCUT2D eigenvalue weighted by Crippen LogP contribution is -2.51. The summed E-state index contributed by atoms with van der Waals surface area (Å²) in [6.45, 7) is 5.07. The van der Waals surface area contributed by atoms with Gasteiger partial charge in [0.25, 0.3) is 5.91 Å². The summed E-state index contributed by atoms with van der Waals surface area (Å²) in [7, 11) is 0. The van der Waals surface area contributed by atoms with E-state index in [0.29, 0.717) is 30.5 Å². The third-order valence-corrected chi connectivity index (χ3v) is 7.39. The van der Waals surface area contributed by atoms with Gasteiger partial charge in [-0.05, 0) is 60.7 Å². The number of nitrogens with two attached hydrogens (primary N) is 1. The zero-order valence-corrected chi connectivity index (χ0v) is 20.2. The minimum Gasteiger partial charge on any atom is -0.384 e. The van der Waals surface area contributed by atoms with Crippen LogP contribution in [-0.4, -0.2) is 57.9 Å². The SMILES string of the molecule is CCc1nccc(-c2ccc(C(=O)N3CCN(C4CCCC4)CC3)c(F)c2)c1-c1ccc(N)nc1. The van der Waals surface area contributed by atoms with Gasteiger partial charge in [-0.1, -0.05) is 25.8 Å². The topological polar surface area (TPSA) is 75.4 Å². The molecular formula is C28H32FN5O. The number of amides is 1. The lowest BCUT2D eigenvalue weighted by Gasteiger charge is -2.38. The number of anilines is 1. The molecule has 1 aliphatic heterocycles. The molecule has 0 unspecified atom stereocenters. The van der Waals surface area contributed by atoms with Crippen LogP contribution in [0.25, 0.3) is 22.3 Å². The lowest BCUT2D eigenvalue weighted by atomic mass is 9.93. The molecule has 35 heavy (non-hydrogen) atoms. The summed E-state index contributed by atoms with van der Waals surface area (Å²) in [6.07, 6.45) is 9.29. The zero-order chi connectivity index (χ0) is 24.4. The Bertz CT molecular complexity index is 1200. The molecule has 0 radical (unpaired) electrons. The molecule has 2 N–H and O–H groups in total. The number of hydrogen-bond acceptors (Lipinski definition) is 5. The molecule has 3 aromatic rings. The Morgan fingerprint density at radius 1 is 1.03 bits per heavy atom. The molecule has 1 saturated carbocycles. The Morgan fingerprint density at radius 3 is 2.43 bits per heavy atom. The summed E-state index contributed by atoms with van der Waals surface area (Å²) < 4.78 is 15.3. The van der Waals surface area contributed by atoms with Gasteiger partial charge in [-0.3, -0.25) is 14.7 Å². The Morgan fingerprint density at radius 2 is 1.77 bits per heavy atom. The smallest absolute Gasteiger partial charge is 0.256 e. The largest absolute Gasteiger partial charge is 0.384 e. The van der Waals surface area contributed by atoms with E-state index in [1.807, 2.05) is 25.1 Å².